The van der Waals surface area contributed by atoms with Crippen molar-refractivity contribution < 1.29 is 14.6 Å². The van der Waals surface area contributed by atoms with Crippen molar-refractivity contribution in [2.24, 2.45) is 0 Å². The average molecular weight is 412 g/mol. The summed E-state index contributed by atoms with van der Waals surface area (Å²) in [7, 11) is 0. The Bertz CT molecular complexity index is 1050. The number of rotatable bonds is 6. The zero-order valence-corrected chi connectivity index (χ0v) is 16.8. The van der Waals surface area contributed by atoms with Gasteiger partial charge >= 0.3 is 0 Å². The van der Waals surface area contributed by atoms with Crippen LogP contribution in [0.5, 0.6) is 5.75 Å². The fourth-order valence-corrected chi connectivity index (χ4v) is 4.02. The number of aryl methyl sites for hydroxylation is 1. The van der Waals surface area contributed by atoms with Crippen LogP contribution in [-0.4, -0.2) is 34.0 Å². The summed E-state index contributed by atoms with van der Waals surface area (Å²) in [4.78, 5) is 12.5. The van der Waals surface area contributed by atoms with Crippen molar-refractivity contribution in [3.8, 4) is 5.75 Å². The van der Waals surface area contributed by atoms with Crippen molar-refractivity contribution in [2.45, 2.75) is 25.8 Å². The second-order valence-electron chi connectivity index (χ2n) is 7.08. The smallest absolute Gasteiger partial charge is 0.226 e. The molecule has 0 spiro atoms. The maximum atomic E-state index is 12.5. The van der Waals surface area contributed by atoms with Crippen LogP contribution in [0.3, 0.4) is 0 Å². The number of anilines is 1. The number of hydrogen-bond donors (Lipinski definition) is 2. The van der Waals surface area contributed by atoms with E-state index in [0.29, 0.717) is 23.7 Å². The number of aliphatic hydroxyl groups is 1. The molecule has 6 nitrogen and oxygen atoms in total. The monoisotopic (exact) mass is 411 g/mol. The number of hydrogen-bond acceptors (Lipinski definition) is 4. The first-order valence-corrected chi connectivity index (χ1v) is 9.88. The van der Waals surface area contributed by atoms with E-state index in [9.17, 15) is 4.79 Å². The predicted molar refractivity (Wildman–Crippen MR) is 112 cm³/mol. The van der Waals surface area contributed by atoms with Crippen molar-refractivity contribution in [1.82, 2.24) is 9.78 Å². The Labute approximate surface area is 174 Å². The number of fused-ring (bicyclic) bond motifs is 1. The Morgan fingerprint density at radius 2 is 2.10 bits per heavy atom. The summed E-state index contributed by atoms with van der Waals surface area (Å²) in [6.07, 6.45) is 0.347. The summed E-state index contributed by atoms with van der Waals surface area (Å²) < 4.78 is 7.37. The van der Waals surface area contributed by atoms with Gasteiger partial charge in [-0.05, 0) is 42.3 Å². The van der Waals surface area contributed by atoms with Gasteiger partial charge in [-0.3, -0.25) is 4.79 Å². The molecular weight excluding hydrogens is 390 g/mol. The van der Waals surface area contributed by atoms with E-state index in [1.165, 1.54) is 0 Å². The lowest BCUT2D eigenvalue weighted by molar-refractivity contribution is -0.116. The molecule has 4 rings (SSSR count). The molecule has 2 heterocycles. The van der Waals surface area contributed by atoms with Crippen molar-refractivity contribution >= 4 is 23.3 Å². The average Bonchev–Trinajstić information content (AvgIpc) is 3.01. The fourth-order valence-electron chi connectivity index (χ4n) is 3.81. The minimum Gasteiger partial charge on any atom is -0.491 e. The molecule has 29 heavy (non-hydrogen) atoms. The van der Waals surface area contributed by atoms with Gasteiger partial charge in [-0.1, -0.05) is 35.9 Å². The summed E-state index contributed by atoms with van der Waals surface area (Å²) in [5.74, 6) is 1.25. The minimum atomic E-state index is -0.107. The lowest BCUT2D eigenvalue weighted by Gasteiger charge is -2.25. The number of ether oxygens (including phenoxy) is 1. The van der Waals surface area contributed by atoms with Crippen molar-refractivity contribution in [2.75, 3.05) is 18.5 Å². The molecule has 0 aliphatic carbocycles. The highest BCUT2D eigenvalue weighted by Gasteiger charge is 2.32. The Balaban J connectivity index is 1.70. The second-order valence-corrected chi connectivity index (χ2v) is 7.52. The van der Waals surface area contributed by atoms with E-state index in [0.717, 1.165) is 28.2 Å². The molecule has 3 aromatic rings. The first-order valence-electron chi connectivity index (χ1n) is 9.50. The van der Waals surface area contributed by atoms with Gasteiger partial charge in [0.1, 0.15) is 18.2 Å². The van der Waals surface area contributed by atoms with Crippen LogP contribution in [0.2, 0.25) is 5.02 Å². The quantitative estimate of drug-likeness (QED) is 0.647. The molecule has 1 amide bonds. The highest BCUT2D eigenvalue weighted by molar-refractivity contribution is 6.30. The third kappa shape index (κ3) is 4.13. The van der Waals surface area contributed by atoms with E-state index < -0.39 is 0 Å². The maximum absolute atomic E-state index is 12.5. The summed E-state index contributed by atoms with van der Waals surface area (Å²) >= 11 is 6.11. The number of carbonyl (C=O) groups excluding carboxylic acids is 1. The fraction of sp³-hybridized carbons (Fsp3) is 0.273. The van der Waals surface area contributed by atoms with Gasteiger partial charge in [-0.15, -0.1) is 0 Å². The summed E-state index contributed by atoms with van der Waals surface area (Å²) in [6.45, 7) is 2.67. The summed E-state index contributed by atoms with van der Waals surface area (Å²) in [5, 5.41) is 17.4. The third-order valence-corrected chi connectivity index (χ3v) is 5.25. The van der Waals surface area contributed by atoms with Gasteiger partial charge in [-0.25, -0.2) is 4.68 Å². The highest BCUT2D eigenvalue weighted by Crippen LogP contribution is 2.40. The standard InChI is InChI=1S/C22H22ClN3O3/c1-14-21-19(16-5-3-7-18(11-16)29-9-8-27)12-20(28)24-22(21)26(25-14)13-15-4-2-6-17(23)10-15/h2-7,10-11,19,27H,8-9,12-13H2,1H3,(H,24,28). The van der Waals surface area contributed by atoms with Crippen molar-refractivity contribution in [3.05, 3.63) is 75.9 Å². The molecule has 1 unspecified atom stereocenters. The van der Waals surface area contributed by atoms with Gasteiger partial charge in [0.25, 0.3) is 0 Å². The van der Waals surface area contributed by atoms with Gasteiger partial charge in [0, 0.05) is 22.9 Å². The molecule has 1 aromatic heterocycles. The zero-order chi connectivity index (χ0) is 20.4. The molecular formula is C22H22ClN3O3. The molecule has 7 heteroatoms. The van der Waals surface area contributed by atoms with Gasteiger partial charge in [0.2, 0.25) is 5.91 Å². The molecule has 0 saturated heterocycles. The summed E-state index contributed by atoms with van der Waals surface area (Å²) in [5.41, 5.74) is 3.90. The first-order chi connectivity index (χ1) is 14.0. The van der Waals surface area contributed by atoms with Crippen LogP contribution in [0.25, 0.3) is 0 Å². The SMILES string of the molecule is Cc1nn(Cc2cccc(Cl)c2)c2c1C(c1cccc(OCCO)c1)CC(=O)N2. The molecule has 0 saturated carbocycles. The van der Waals surface area contributed by atoms with Crippen molar-refractivity contribution in [3.63, 3.8) is 0 Å². The van der Waals surface area contributed by atoms with Gasteiger partial charge in [-0.2, -0.15) is 5.10 Å². The molecule has 0 bridgehead atoms. The van der Waals surface area contributed by atoms with Gasteiger partial charge < -0.3 is 15.2 Å². The van der Waals surface area contributed by atoms with Crippen LogP contribution in [0.15, 0.2) is 48.5 Å². The Morgan fingerprint density at radius 3 is 2.90 bits per heavy atom. The van der Waals surface area contributed by atoms with E-state index in [1.54, 1.807) is 0 Å². The van der Waals surface area contributed by atoms with E-state index in [2.05, 4.69) is 5.32 Å². The second kappa shape index (κ2) is 8.27. The van der Waals surface area contributed by atoms with Crippen LogP contribution < -0.4 is 10.1 Å². The normalized spacial score (nSPS) is 15.7. The lowest BCUT2D eigenvalue weighted by Crippen LogP contribution is -2.25. The minimum absolute atomic E-state index is 0.0450. The zero-order valence-electron chi connectivity index (χ0n) is 16.1. The molecule has 1 atom stereocenters. The van der Waals surface area contributed by atoms with E-state index in [4.69, 9.17) is 26.5 Å². The Kier molecular flexibility index (Phi) is 5.56. The van der Waals surface area contributed by atoms with Crippen LogP contribution in [0.4, 0.5) is 5.82 Å². The third-order valence-electron chi connectivity index (χ3n) is 5.01. The topological polar surface area (TPSA) is 76.4 Å². The molecule has 2 aromatic carbocycles. The van der Waals surface area contributed by atoms with Crippen LogP contribution in [-0.2, 0) is 11.3 Å². The van der Waals surface area contributed by atoms with Crippen LogP contribution in [0.1, 0.15) is 34.7 Å². The number of amides is 1. The maximum Gasteiger partial charge on any atom is 0.226 e. The number of aromatic nitrogens is 2. The van der Waals surface area contributed by atoms with E-state index in [1.807, 2.05) is 60.1 Å². The number of aliphatic hydroxyl groups excluding tert-OH is 1. The molecule has 150 valence electrons. The van der Waals surface area contributed by atoms with Crippen molar-refractivity contribution in [1.29, 1.82) is 0 Å². The van der Waals surface area contributed by atoms with Gasteiger partial charge in [0.15, 0.2) is 0 Å². The predicted octanol–water partition coefficient (Wildman–Crippen LogP) is 3.74. The number of nitrogens with zero attached hydrogens (tertiary/aromatic N) is 2. The lowest BCUT2D eigenvalue weighted by atomic mass is 9.85. The van der Waals surface area contributed by atoms with E-state index >= 15 is 0 Å². The molecule has 2 N–H and O–H groups in total. The summed E-state index contributed by atoms with van der Waals surface area (Å²) in [6, 6.07) is 15.3. The number of halogens is 1. The largest absolute Gasteiger partial charge is 0.491 e. The first kappa shape index (κ1) is 19.5. The van der Waals surface area contributed by atoms with E-state index in [-0.39, 0.29) is 25.0 Å². The Morgan fingerprint density at radius 1 is 1.28 bits per heavy atom. The Hall–Kier alpha value is -2.83. The highest BCUT2D eigenvalue weighted by atomic mass is 35.5. The van der Waals surface area contributed by atoms with Gasteiger partial charge in [0.05, 0.1) is 18.8 Å². The molecule has 1 aliphatic rings. The number of benzene rings is 2. The van der Waals surface area contributed by atoms with Crippen LogP contribution >= 0.6 is 11.6 Å². The molecule has 1 aliphatic heterocycles. The number of nitrogens with one attached hydrogen (secondary N) is 1. The molecule has 0 radical (unpaired) electrons. The molecule has 0 fully saturated rings. The van der Waals surface area contributed by atoms with Crippen LogP contribution in [0, 0.1) is 6.92 Å². The number of carbonyl (C=O) groups is 1.